The molecule has 1 aliphatic heterocycles. The highest BCUT2D eigenvalue weighted by atomic mass is 35.5. The van der Waals surface area contributed by atoms with E-state index in [2.05, 4.69) is 10.2 Å². The second kappa shape index (κ2) is 8.33. The highest BCUT2D eigenvalue weighted by Crippen LogP contribution is 2.39. The van der Waals surface area contributed by atoms with Crippen LogP contribution in [0.4, 0.5) is 0 Å². The highest BCUT2D eigenvalue weighted by molar-refractivity contribution is 7.80. The molecular weight excluding hydrogens is 391 g/mol. The second-order valence-corrected chi connectivity index (χ2v) is 7.53. The fourth-order valence-electron chi connectivity index (χ4n) is 3.11. The lowest BCUT2D eigenvalue weighted by Gasteiger charge is -2.24. The largest absolute Gasteiger partial charge is 0.504 e. The third kappa shape index (κ3) is 4.34. The first kappa shape index (κ1) is 19.1. The summed E-state index contributed by atoms with van der Waals surface area (Å²) in [7, 11) is 0. The number of phenolic OH excluding ortho intramolecular Hbond substituents is 2. The summed E-state index contributed by atoms with van der Waals surface area (Å²) in [5.74, 6) is -0.445. The van der Waals surface area contributed by atoms with Crippen molar-refractivity contribution in [3.63, 3.8) is 0 Å². The Hall–Kier alpha value is -1.69. The summed E-state index contributed by atoms with van der Waals surface area (Å²) in [6.45, 7) is 2.07. The van der Waals surface area contributed by atoms with Crippen LogP contribution in [0, 0.1) is 0 Å². The summed E-state index contributed by atoms with van der Waals surface area (Å²) in [4.78, 5) is 2.07. The number of hydrogen-bond acceptors (Lipinski definition) is 3. The fraction of sp³-hybridized carbons (Fsp3) is 0.316. The maximum Gasteiger partial charge on any atom is 0.176 e. The number of nitrogens with one attached hydrogen (secondary N) is 1. The van der Waals surface area contributed by atoms with Gasteiger partial charge in [0.05, 0.1) is 5.02 Å². The van der Waals surface area contributed by atoms with Crippen LogP contribution < -0.4 is 5.32 Å². The van der Waals surface area contributed by atoms with Crippen molar-refractivity contribution in [3.05, 3.63) is 57.1 Å². The average Bonchev–Trinajstić information content (AvgIpc) is 2.84. The van der Waals surface area contributed by atoms with Gasteiger partial charge < -0.3 is 20.4 Å². The molecule has 4 nitrogen and oxygen atoms in total. The summed E-state index contributed by atoms with van der Waals surface area (Å²) < 4.78 is 0. The Labute approximate surface area is 168 Å². The van der Waals surface area contributed by atoms with Gasteiger partial charge in [0, 0.05) is 24.7 Å². The molecule has 0 unspecified atom stereocenters. The smallest absolute Gasteiger partial charge is 0.176 e. The summed E-state index contributed by atoms with van der Waals surface area (Å²) in [5.41, 5.74) is 2.97. The summed E-state index contributed by atoms with van der Waals surface area (Å²) in [5, 5.41) is 24.6. The Bertz CT molecular complexity index is 812. The minimum atomic E-state index is -0.248. The van der Waals surface area contributed by atoms with Gasteiger partial charge in [0.15, 0.2) is 16.6 Å². The number of benzene rings is 2. The predicted molar refractivity (Wildman–Crippen MR) is 109 cm³/mol. The average molecular weight is 411 g/mol. The second-order valence-electron chi connectivity index (χ2n) is 6.33. The van der Waals surface area contributed by atoms with Crippen molar-refractivity contribution in [2.24, 2.45) is 0 Å². The van der Waals surface area contributed by atoms with Gasteiger partial charge in [-0.25, -0.2) is 0 Å². The first-order chi connectivity index (χ1) is 12.5. The Morgan fingerprint density at radius 1 is 1.19 bits per heavy atom. The van der Waals surface area contributed by atoms with Crippen LogP contribution in [0.15, 0.2) is 30.3 Å². The van der Waals surface area contributed by atoms with Crippen LogP contribution >= 0.6 is 35.4 Å². The van der Waals surface area contributed by atoms with E-state index in [1.165, 1.54) is 5.56 Å². The van der Waals surface area contributed by atoms with Crippen LogP contribution in [0.2, 0.25) is 10.0 Å². The minimum absolute atomic E-state index is 0.197. The van der Waals surface area contributed by atoms with Crippen LogP contribution in [0.1, 0.15) is 23.1 Å². The molecule has 1 heterocycles. The maximum atomic E-state index is 9.85. The normalized spacial score (nSPS) is 13.8. The van der Waals surface area contributed by atoms with Gasteiger partial charge in [-0.3, -0.25) is 0 Å². The predicted octanol–water partition coefficient (Wildman–Crippen LogP) is 4.27. The van der Waals surface area contributed by atoms with E-state index < -0.39 is 0 Å². The third-order valence-electron chi connectivity index (χ3n) is 4.52. The standard InChI is InChI=1S/C19H20Cl2N2O2S/c20-14-5-3-12(4-6-14)7-8-22-19(26)23-9-1-2-15-13(11-23)10-16(24)18(25)17(15)21/h3-6,10,24-25H,1-2,7-9,11H2,(H,22,26). The molecule has 2 aromatic rings. The summed E-state index contributed by atoms with van der Waals surface area (Å²) in [6, 6.07) is 9.35. The molecule has 0 aromatic heterocycles. The SMILES string of the molecule is Oc1cc2c(c(Cl)c1O)CCCN(C(=S)NCCc1ccc(Cl)cc1)C2. The van der Waals surface area contributed by atoms with Gasteiger partial charge in [0.2, 0.25) is 0 Å². The molecule has 3 N–H and O–H groups in total. The number of phenols is 2. The van der Waals surface area contributed by atoms with Crippen LogP contribution in [-0.2, 0) is 19.4 Å². The van der Waals surface area contributed by atoms with Crippen LogP contribution in [-0.4, -0.2) is 33.3 Å². The third-order valence-corrected chi connectivity index (χ3v) is 5.58. The Morgan fingerprint density at radius 3 is 2.65 bits per heavy atom. The van der Waals surface area contributed by atoms with Crippen molar-refractivity contribution in [1.82, 2.24) is 10.2 Å². The molecule has 0 aliphatic carbocycles. The van der Waals surface area contributed by atoms with Gasteiger partial charge in [-0.15, -0.1) is 0 Å². The zero-order chi connectivity index (χ0) is 18.7. The molecule has 0 fully saturated rings. The first-order valence-corrected chi connectivity index (χ1v) is 9.61. The number of fused-ring (bicyclic) bond motifs is 1. The van der Waals surface area contributed by atoms with Gasteiger partial charge in [0.1, 0.15) is 0 Å². The van der Waals surface area contributed by atoms with Crippen molar-refractivity contribution >= 4 is 40.5 Å². The van der Waals surface area contributed by atoms with E-state index >= 15 is 0 Å². The molecule has 0 saturated carbocycles. The first-order valence-electron chi connectivity index (χ1n) is 8.45. The number of thiocarbonyl (C=S) groups is 1. The van der Waals surface area contributed by atoms with Crippen LogP contribution in [0.25, 0.3) is 0 Å². The van der Waals surface area contributed by atoms with Crippen molar-refractivity contribution in [1.29, 1.82) is 0 Å². The zero-order valence-corrected chi connectivity index (χ0v) is 16.5. The lowest BCUT2D eigenvalue weighted by molar-refractivity contribution is 0.397. The molecule has 2 aromatic carbocycles. The van der Waals surface area contributed by atoms with E-state index in [1.807, 2.05) is 24.3 Å². The van der Waals surface area contributed by atoms with Gasteiger partial charge in [-0.1, -0.05) is 35.3 Å². The van der Waals surface area contributed by atoms with E-state index in [4.69, 9.17) is 35.4 Å². The summed E-state index contributed by atoms with van der Waals surface area (Å²) >= 11 is 17.6. The zero-order valence-electron chi connectivity index (χ0n) is 14.1. The molecule has 3 rings (SSSR count). The molecule has 0 spiro atoms. The monoisotopic (exact) mass is 410 g/mol. The van der Waals surface area contributed by atoms with Gasteiger partial charge in [-0.2, -0.15) is 0 Å². The van der Waals surface area contributed by atoms with Crippen molar-refractivity contribution in [2.45, 2.75) is 25.8 Å². The Balaban J connectivity index is 1.62. The number of nitrogens with zero attached hydrogens (tertiary/aromatic N) is 1. The number of aromatic hydroxyl groups is 2. The topological polar surface area (TPSA) is 55.7 Å². The number of hydrogen-bond donors (Lipinski definition) is 3. The molecule has 0 atom stereocenters. The fourth-order valence-corrected chi connectivity index (χ4v) is 3.81. The van der Waals surface area contributed by atoms with Crippen molar-refractivity contribution < 1.29 is 10.2 Å². The molecular formula is C19H20Cl2N2O2S. The molecule has 138 valence electrons. The summed E-state index contributed by atoms with van der Waals surface area (Å²) in [6.07, 6.45) is 2.46. The number of rotatable bonds is 3. The Kier molecular flexibility index (Phi) is 6.12. The van der Waals surface area contributed by atoms with Gasteiger partial charge >= 0.3 is 0 Å². The molecule has 0 saturated heterocycles. The minimum Gasteiger partial charge on any atom is -0.504 e. The van der Waals surface area contributed by atoms with Crippen LogP contribution in [0.5, 0.6) is 11.5 Å². The lowest BCUT2D eigenvalue weighted by atomic mass is 10.0. The molecule has 0 amide bonds. The number of halogens is 2. The molecule has 26 heavy (non-hydrogen) atoms. The Morgan fingerprint density at radius 2 is 1.92 bits per heavy atom. The quantitative estimate of drug-likeness (QED) is 0.520. The van der Waals surface area contributed by atoms with E-state index in [9.17, 15) is 10.2 Å². The lowest BCUT2D eigenvalue weighted by Crippen LogP contribution is -2.40. The maximum absolute atomic E-state index is 9.85. The molecule has 0 radical (unpaired) electrons. The van der Waals surface area contributed by atoms with E-state index in [0.29, 0.717) is 11.7 Å². The van der Waals surface area contributed by atoms with E-state index in [-0.39, 0.29) is 16.5 Å². The van der Waals surface area contributed by atoms with Crippen molar-refractivity contribution in [2.75, 3.05) is 13.1 Å². The molecule has 7 heteroatoms. The van der Waals surface area contributed by atoms with Gasteiger partial charge in [-0.05, 0) is 66.4 Å². The van der Waals surface area contributed by atoms with Crippen LogP contribution in [0.3, 0.4) is 0 Å². The highest BCUT2D eigenvalue weighted by Gasteiger charge is 2.22. The molecule has 0 bridgehead atoms. The van der Waals surface area contributed by atoms with Gasteiger partial charge in [0.25, 0.3) is 0 Å². The van der Waals surface area contributed by atoms with E-state index in [0.717, 1.165) is 48.5 Å². The van der Waals surface area contributed by atoms with E-state index in [1.54, 1.807) is 6.07 Å². The molecule has 1 aliphatic rings. The van der Waals surface area contributed by atoms with Crippen molar-refractivity contribution in [3.8, 4) is 11.5 Å².